The number of H-pyrrole nitrogens is 1. The summed E-state index contributed by atoms with van der Waals surface area (Å²) in [6, 6.07) is 3.42. The molecule has 0 fully saturated rings. The van der Waals surface area contributed by atoms with Crippen LogP contribution < -0.4 is 10.5 Å². The molecule has 92 valence electrons. The highest BCUT2D eigenvalue weighted by Gasteiger charge is 2.15. The number of rotatable bonds is 5. The van der Waals surface area contributed by atoms with Crippen LogP contribution in [0.2, 0.25) is 0 Å². The van der Waals surface area contributed by atoms with Crippen molar-refractivity contribution in [3.8, 4) is 0 Å². The van der Waals surface area contributed by atoms with Crippen molar-refractivity contribution in [2.45, 2.75) is 18.0 Å². The largest absolute Gasteiger partial charge is 0.363 e. The van der Waals surface area contributed by atoms with Crippen LogP contribution in [0.3, 0.4) is 0 Å². The molecule has 2 aromatic rings. The van der Waals surface area contributed by atoms with E-state index in [0.29, 0.717) is 18.8 Å². The van der Waals surface area contributed by atoms with Gasteiger partial charge in [0.15, 0.2) is 0 Å². The van der Waals surface area contributed by atoms with Crippen molar-refractivity contribution < 1.29 is 8.42 Å². The average Bonchev–Trinajstić information content (AvgIpc) is 2.98. The molecular formula is C10H13N3O2S2. The van der Waals surface area contributed by atoms with E-state index >= 15 is 0 Å². The van der Waals surface area contributed by atoms with E-state index < -0.39 is 10.0 Å². The summed E-state index contributed by atoms with van der Waals surface area (Å²) in [5.41, 5.74) is 7.06. The highest BCUT2D eigenvalue weighted by atomic mass is 32.2. The third-order valence-corrected chi connectivity index (χ3v) is 4.41. The molecule has 0 saturated carbocycles. The molecule has 0 aromatic carbocycles. The summed E-state index contributed by atoms with van der Waals surface area (Å²) < 4.78 is 26.3. The first kappa shape index (κ1) is 12.3. The lowest BCUT2D eigenvalue weighted by atomic mass is 10.4. The van der Waals surface area contributed by atoms with Crippen LogP contribution in [-0.4, -0.2) is 13.4 Å². The Morgan fingerprint density at radius 3 is 2.88 bits per heavy atom. The monoisotopic (exact) mass is 271 g/mol. The molecule has 0 unspecified atom stereocenters. The smallest absolute Gasteiger partial charge is 0.242 e. The Morgan fingerprint density at radius 1 is 1.47 bits per heavy atom. The summed E-state index contributed by atoms with van der Waals surface area (Å²) in [6.07, 6.45) is 1.44. The molecule has 7 heteroatoms. The number of nitrogens with two attached hydrogens (primary N) is 1. The number of aromatic amines is 1. The predicted octanol–water partition coefficient (Wildman–Crippen LogP) is 1.01. The maximum Gasteiger partial charge on any atom is 0.242 e. The minimum Gasteiger partial charge on any atom is -0.363 e. The lowest BCUT2D eigenvalue weighted by Gasteiger charge is -2.02. The Kier molecular flexibility index (Phi) is 3.63. The minimum absolute atomic E-state index is 0.216. The van der Waals surface area contributed by atoms with Crippen LogP contribution in [0.4, 0.5) is 0 Å². The highest BCUT2D eigenvalue weighted by Crippen LogP contribution is 2.12. The van der Waals surface area contributed by atoms with E-state index in [1.807, 2.05) is 16.8 Å². The van der Waals surface area contributed by atoms with Crippen LogP contribution in [0.5, 0.6) is 0 Å². The van der Waals surface area contributed by atoms with Gasteiger partial charge in [-0.15, -0.1) is 0 Å². The zero-order chi connectivity index (χ0) is 12.3. The van der Waals surface area contributed by atoms with Crippen LogP contribution in [0.25, 0.3) is 0 Å². The second-order valence-corrected chi connectivity index (χ2v) is 6.07. The molecule has 0 atom stereocenters. The number of thiophene rings is 1. The van der Waals surface area contributed by atoms with Crippen molar-refractivity contribution in [2.75, 3.05) is 0 Å². The lowest BCUT2D eigenvalue weighted by Crippen LogP contribution is -2.22. The minimum atomic E-state index is -3.46. The zero-order valence-electron chi connectivity index (χ0n) is 9.01. The molecule has 0 aliphatic rings. The molecule has 0 aliphatic heterocycles. The summed E-state index contributed by atoms with van der Waals surface area (Å²) in [4.78, 5) is 3.03. The standard InChI is InChI=1S/C10H13N3O2S2/c11-4-9-3-10(6-12-9)17(14,15)13-5-8-1-2-16-7-8/h1-3,6-7,12-13H,4-5,11H2. The second-order valence-electron chi connectivity index (χ2n) is 3.52. The van der Waals surface area contributed by atoms with Crippen molar-refractivity contribution >= 4 is 21.4 Å². The molecule has 2 heterocycles. The summed E-state index contributed by atoms with van der Waals surface area (Å²) in [7, 11) is -3.46. The first-order valence-corrected chi connectivity index (χ1v) is 7.42. The number of hydrogen-bond donors (Lipinski definition) is 3. The first-order valence-electron chi connectivity index (χ1n) is 5.00. The summed E-state index contributed by atoms with van der Waals surface area (Å²) >= 11 is 1.54. The molecule has 17 heavy (non-hydrogen) atoms. The maximum absolute atomic E-state index is 11.9. The third-order valence-electron chi connectivity index (χ3n) is 2.29. The van der Waals surface area contributed by atoms with Gasteiger partial charge in [0.1, 0.15) is 0 Å². The predicted molar refractivity (Wildman–Crippen MR) is 67.0 cm³/mol. The maximum atomic E-state index is 11.9. The molecular weight excluding hydrogens is 258 g/mol. The summed E-state index contributed by atoms with van der Waals surface area (Å²) in [5.74, 6) is 0. The van der Waals surface area contributed by atoms with E-state index in [9.17, 15) is 8.42 Å². The first-order chi connectivity index (χ1) is 8.12. The fraction of sp³-hybridized carbons (Fsp3) is 0.200. The molecule has 0 aliphatic carbocycles. The highest BCUT2D eigenvalue weighted by molar-refractivity contribution is 7.89. The van der Waals surface area contributed by atoms with Gasteiger partial charge >= 0.3 is 0 Å². The van der Waals surface area contributed by atoms with Crippen LogP contribution in [0.15, 0.2) is 34.0 Å². The van der Waals surface area contributed by atoms with E-state index in [-0.39, 0.29) is 4.90 Å². The van der Waals surface area contributed by atoms with Gasteiger partial charge in [-0.2, -0.15) is 11.3 Å². The van der Waals surface area contributed by atoms with Gasteiger partial charge in [-0.05, 0) is 28.5 Å². The van der Waals surface area contributed by atoms with Gasteiger partial charge in [-0.3, -0.25) is 0 Å². The van der Waals surface area contributed by atoms with Crippen molar-refractivity contribution in [3.05, 3.63) is 40.3 Å². The van der Waals surface area contributed by atoms with Gasteiger partial charge in [-0.25, -0.2) is 13.1 Å². The number of aromatic nitrogens is 1. The molecule has 0 amide bonds. The van der Waals surface area contributed by atoms with E-state index in [4.69, 9.17) is 5.73 Å². The Labute approximate surface area is 104 Å². The fourth-order valence-corrected chi connectivity index (χ4v) is 3.05. The van der Waals surface area contributed by atoms with Crippen LogP contribution >= 0.6 is 11.3 Å². The van der Waals surface area contributed by atoms with E-state index in [2.05, 4.69) is 9.71 Å². The van der Waals surface area contributed by atoms with E-state index in [1.54, 1.807) is 0 Å². The van der Waals surface area contributed by atoms with Gasteiger partial charge in [-0.1, -0.05) is 0 Å². The quantitative estimate of drug-likeness (QED) is 0.758. The fourth-order valence-electron chi connectivity index (χ4n) is 1.35. The average molecular weight is 271 g/mol. The van der Waals surface area contributed by atoms with Gasteiger partial charge in [0.05, 0.1) is 4.90 Å². The SMILES string of the molecule is NCc1cc(S(=O)(=O)NCc2ccsc2)c[nH]1. The summed E-state index contributed by atoms with van der Waals surface area (Å²) in [5, 5.41) is 3.82. The van der Waals surface area contributed by atoms with E-state index in [1.165, 1.54) is 23.6 Å². The molecule has 4 N–H and O–H groups in total. The molecule has 0 radical (unpaired) electrons. The van der Waals surface area contributed by atoms with Gasteiger partial charge in [0, 0.05) is 25.0 Å². The Bertz CT molecular complexity index is 572. The van der Waals surface area contributed by atoms with Crippen molar-refractivity contribution in [1.29, 1.82) is 0 Å². The van der Waals surface area contributed by atoms with Gasteiger partial charge in [0.25, 0.3) is 0 Å². The Morgan fingerprint density at radius 2 is 2.29 bits per heavy atom. The van der Waals surface area contributed by atoms with E-state index in [0.717, 1.165) is 5.56 Å². The van der Waals surface area contributed by atoms with Crippen molar-refractivity contribution in [2.24, 2.45) is 5.73 Å². The zero-order valence-corrected chi connectivity index (χ0v) is 10.6. The van der Waals surface area contributed by atoms with Crippen LogP contribution in [0.1, 0.15) is 11.3 Å². The normalized spacial score (nSPS) is 11.8. The molecule has 2 aromatic heterocycles. The van der Waals surface area contributed by atoms with Crippen LogP contribution in [0, 0.1) is 0 Å². The van der Waals surface area contributed by atoms with Gasteiger partial charge in [0.2, 0.25) is 10.0 Å². The second kappa shape index (κ2) is 5.01. The number of hydrogen-bond acceptors (Lipinski definition) is 4. The molecule has 2 rings (SSSR count). The lowest BCUT2D eigenvalue weighted by molar-refractivity contribution is 0.581. The summed E-state index contributed by atoms with van der Waals surface area (Å²) in [6.45, 7) is 0.592. The molecule has 0 spiro atoms. The Balaban J connectivity index is 2.08. The third kappa shape index (κ3) is 2.95. The van der Waals surface area contributed by atoms with Gasteiger partial charge < -0.3 is 10.7 Å². The molecule has 0 bridgehead atoms. The van der Waals surface area contributed by atoms with Crippen LogP contribution in [-0.2, 0) is 23.1 Å². The Hall–Kier alpha value is -1.15. The number of sulfonamides is 1. The molecule has 0 saturated heterocycles. The molecule has 5 nitrogen and oxygen atoms in total. The van der Waals surface area contributed by atoms with Crippen molar-refractivity contribution in [1.82, 2.24) is 9.71 Å². The number of nitrogens with one attached hydrogen (secondary N) is 2. The van der Waals surface area contributed by atoms with Crippen molar-refractivity contribution in [3.63, 3.8) is 0 Å². The topological polar surface area (TPSA) is 88.0 Å².